The standard InChI is InChI=1S/C21H28N6O5/c1-3-23-19(30)16-14(28)15(29)20(32-16)27-10-24-13-17(22)25-12(26-18(13)27)6-8-21(31)7-4-5-11(2)9-21/h10-11,14-16,20,28-29,31H,3-5,7,9H2,1-2H3,(H,23,30)(H2,22,25,26)/t11-,14-,15?,16+,20-,21-/m1/s1. The lowest BCUT2D eigenvalue weighted by Gasteiger charge is -2.30. The molecule has 11 nitrogen and oxygen atoms in total. The first-order valence-corrected chi connectivity index (χ1v) is 10.8. The van der Waals surface area contributed by atoms with Gasteiger partial charge in [0, 0.05) is 6.54 Å². The van der Waals surface area contributed by atoms with Crippen molar-refractivity contribution in [2.45, 2.75) is 69.7 Å². The number of nitrogens with one attached hydrogen (secondary N) is 1. The van der Waals surface area contributed by atoms with Crippen LogP contribution in [0.4, 0.5) is 5.82 Å². The molecule has 0 bridgehead atoms. The molecule has 2 aromatic rings. The van der Waals surface area contributed by atoms with Gasteiger partial charge in [-0.2, -0.15) is 0 Å². The number of aromatic nitrogens is 4. The molecule has 1 aliphatic heterocycles. The zero-order valence-corrected chi connectivity index (χ0v) is 18.0. The number of fused-ring (bicyclic) bond motifs is 1. The van der Waals surface area contributed by atoms with E-state index in [0.717, 1.165) is 12.8 Å². The summed E-state index contributed by atoms with van der Waals surface area (Å²) in [6.45, 7) is 4.18. The van der Waals surface area contributed by atoms with Crippen molar-refractivity contribution in [3.63, 3.8) is 0 Å². The van der Waals surface area contributed by atoms with Gasteiger partial charge in [-0.05, 0) is 38.0 Å². The second-order valence-corrected chi connectivity index (χ2v) is 8.56. The summed E-state index contributed by atoms with van der Waals surface area (Å²) in [5, 5.41) is 34.1. The molecule has 0 radical (unpaired) electrons. The summed E-state index contributed by atoms with van der Waals surface area (Å²) in [5.74, 6) is 5.74. The van der Waals surface area contributed by atoms with Crippen LogP contribution in [0.1, 0.15) is 51.6 Å². The molecule has 3 heterocycles. The lowest BCUT2D eigenvalue weighted by molar-refractivity contribution is -0.137. The van der Waals surface area contributed by atoms with Gasteiger partial charge in [-0.1, -0.05) is 19.3 Å². The van der Waals surface area contributed by atoms with Crippen LogP contribution in [0.2, 0.25) is 0 Å². The largest absolute Gasteiger partial charge is 0.387 e. The maximum absolute atomic E-state index is 12.2. The Morgan fingerprint density at radius 1 is 1.41 bits per heavy atom. The third-order valence-corrected chi connectivity index (χ3v) is 5.95. The lowest BCUT2D eigenvalue weighted by Crippen LogP contribution is -2.42. The van der Waals surface area contributed by atoms with E-state index in [1.54, 1.807) is 6.92 Å². The number of ether oxygens (including phenoxy) is 1. The van der Waals surface area contributed by atoms with Crippen molar-refractivity contribution in [2.24, 2.45) is 5.92 Å². The molecule has 2 aliphatic rings. The molecule has 0 spiro atoms. The van der Waals surface area contributed by atoms with Crippen LogP contribution in [0, 0.1) is 17.8 Å². The fourth-order valence-corrected chi connectivity index (χ4v) is 4.37. The summed E-state index contributed by atoms with van der Waals surface area (Å²) in [4.78, 5) is 24.9. The molecule has 1 aliphatic carbocycles. The van der Waals surface area contributed by atoms with Crippen molar-refractivity contribution in [2.75, 3.05) is 12.3 Å². The summed E-state index contributed by atoms with van der Waals surface area (Å²) < 4.78 is 7.04. The lowest BCUT2D eigenvalue weighted by atomic mass is 9.79. The zero-order chi connectivity index (χ0) is 23.0. The van der Waals surface area contributed by atoms with Crippen LogP contribution >= 0.6 is 0 Å². The van der Waals surface area contributed by atoms with Crippen molar-refractivity contribution in [3.8, 4) is 11.8 Å². The molecular weight excluding hydrogens is 416 g/mol. The van der Waals surface area contributed by atoms with E-state index in [-0.39, 0.29) is 22.8 Å². The SMILES string of the molecule is CCNC(=O)[C@H]1O[C@@H](n2cnc3c(N)nc(C#C[C@]4(O)CCC[C@@H](C)C4)nc32)C(O)[C@H]1O. The van der Waals surface area contributed by atoms with E-state index in [1.807, 2.05) is 0 Å². The first kappa shape index (κ1) is 22.4. The predicted octanol–water partition coefficient (Wildman–Crippen LogP) is -0.543. The van der Waals surface area contributed by atoms with Gasteiger partial charge in [-0.25, -0.2) is 15.0 Å². The van der Waals surface area contributed by atoms with Gasteiger partial charge in [0.1, 0.15) is 23.3 Å². The number of carbonyl (C=O) groups excluding carboxylic acids is 1. The Balaban J connectivity index is 1.66. The van der Waals surface area contributed by atoms with E-state index in [0.29, 0.717) is 25.3 Å². The van der Waals surface area contributed by atoms with Crippen molar-refractivity contribution in [1.29, 1.82) is 0 Å². The summed E-state index contributed by atoms with van der Waals surface area (Å²) in [6.07, 6.45) is -0.699. The Morgan fingerprint density at radius 2 is 2.19 bits per heavy atom. The predicted molar refractivity (Wildman–Crippen MR) is 114 cm³/mol. The van der Waals surface area contributed by atoms with E-state index in [9.17, 15) is 20.1 Å². The number of hydrogen-bond acceptors (Lipinski definition) is 9. The van der Waals surface area contributed by atoms with Crippen LogP contribution in [0.15, 0.2) is 6.33 Å². The number of imidazole rings is 1. The molecule has 1 amide bonds. The molecule has 1 saturated heterocycles. The number of nitrogens with zero attached hydrogens (tertiary/aromatic N) is 4. The van der Waals surface area contributed by atoms with Crippen LogP contribution < -0.4 is 11.1 Å². The van der Waals surface area contributed by atoms with Gasteiger partial charge < -0.3 is 31.1 Å². The van der Waals surface area contributed by atoms with Crippen molar-refractivity contribution in [1.82, 2.24) is 24.8 Å². The second kappa shape index (κ2) is 8.63. The number of carbonyl (C=O) groups is 1. The number of amides is 1. The smallest absolute Gasteiger partial charge is 0.252 e. The molecule has 0 aromatic carbocycles. The summed E-state index contributed by atoms with van der Waals surface area (Å²) in [5.41, 5.74) is 5.44. The minimum atomic E-state index is -1.43. The molecule has 2 fully saturated rings. The van der Waals surface area contributed by atoms with Crippen LogP contribution in [0.5, 0.6) is 0 Å². The fraction of sp³-hybridized carbons (Fsp3) is 0.619. The van der Waals surface area contributed by atoms with Gasteiger partial charge in [0.05, 0.1) is 6.33 Å². The second-order valence-electron chi connectivity index (χ2n) is 8.56. The molecule has 1 unspecified atom stereocenters. The highest BCUT2D eigenvalue weighted by Crippen LogP contribution is 2.33. The van der Waals surface area contributed by atoms with E-state index in [4.69, 9.17) is 10.5 Å². The summed E-state index contributed by atoms with van der Waals surface area (Å²) in [6, 6.07) is 0. The summed E-state index contributed by atoms with van der Waals surface area (Å²) >= 11 is 0. The topological polar surface area (TPSA) is 169 Å². The van der Waals surface area contributed by atoms with Crippen LogP contribution in [0.3, 0.4) is 0 Å². The summed E-state index contributed by atoms with van der Waals surface area (Å²) in [7, 11) is 0. The van der Waals surface area contributed by atoms with E-state index >= 15 is 0 Å². The van der Waals surface area contributed by atoms with Crippen LogP contribution in [-0.2, 0) is 9.53 Å². The molecule has 6 atom stereocenters. The average molecular weight is 444 g/mol. The van der Waals surface area contributed by atoms with Crippen LogP contribution in [-0.4, -0.2) is 71.2 Å². The van der Waals surface area contributed by atoms with E-state index in [2.05, 4.69) is 39.0 Å². The molecule has 172 valence electrons. The number of hydrogen-bond donors (Lipinski definition) is 5. The molecule has 2 aromatic heterocycles. The molecule has 32 heavy (non-hydrogen) atoms. The molecule has 4 rings (SSSR count). The van der Waals surface area contributed by atoms with Gasteiger partial charge >= 0.3 is 0 Å². The highest BCUT2D eigenvalue weighted by atomic mass is 16.6. The highest BCUT2D eigenvalue weighted by Gasteiger charge is 2.47. The highest BCUT2D eigenvalue weighted by molar-refractivity contribution is 5.83. The van der Waals surface area contributed by atoms with Gasteiger partial charge in [0.15, 0.2) is 23.8 Å². The zero-order valence-electron chi connectivity index (χ0n) is 18.0. The third kappa shape index (κ3) is 4.14. The van der Waals surface area contributed by atoms with Crippen LogP contribution in [0.25, 0.3) is 11.2 Å². The number of nitrogens with two attached hydrogens (primary N) is 1. The van der Waals surface area contributed by atoms with E-state index in [1.165, 1.54) is 10.9 Å². The van der Waals surface area contributed by atoms with Gasteiger partial charge in [-0.3, -0.25) is 9.36 Å². The van der Waals surface area contributed by atoms with Crippen molar-refractivity contribution in [3.05, 3.63) is 12.2 Å². The minimum Gasteiger partial charge on any atom is -0.387 e. The van der Waals surface area contributed by atoms with Gasteiger partial charge in [0.25, 0.3) is 5.91 Å². The first-order valence-electron chi connectivity index (χ1n) is 10.8. The quantitative estimate of drug-likeness (QED) is 0.390. The Bertz CT molecular complexity index is 1080. The van der Waals surface area contributed by atoms with Crippen molar-refractivity contribution >= 4 is 22.9 Å². The fourth-order valence-electron chi connectivity index (χ4n) is 4.37. The number of aliphatic hydroxyl groups is 3. The van der Waals surface area contributed by atoms with Gasteiger partial charge in [-0.15, -0.1) is 0 Å². The Morgan fingerprint density at radius 3 is 2.91 bits per heavy atom. The number of rotatable bonds is 3. The number of likely N-dealkylation sites (N-methyl/N-ethyl adjacent to an activating group) is 1. The minimum absolute atomic E-state index is 0.0790. The Kier molecular flexibility index (Phi) is 6.05. The van der Waals surface area contributed by atoms with Crippen molar-refractivity contribution < 1.29 is 24.9 Å². The normalized spacial score (nSPS) is 32.5. The molecule has 1 saturated carbocycles. The van der Waals surface area contributed by atoms with E-state index < -0.39 is 36.0 Å². The monoisotopic (exact) mass is 444 g/mol. The number of nitrogen functional groups attached to an aromatic ring is 1. The Labute approximate surface area is 185 Å². The molecular formula is C21H28N6O5. The first-order chi connectivity index (χ1) is 15.2. The maximum Gasteiger partial charge on any atom is 0.252 e. The maximum atomic E-state index is 12.2. The third-order valence-electron chi connectivity index (χ3n) is 5.95. The van der Waals surface area contributed by atoms with Gasteiger partial charge in [0.2, 0.25) is 5.82 Å². The number of aliphatic hydroxyl groups excluding tert-OH is 2. The molecule has 6 N–H and O–H groups in total. The number of anilines is 1. The Hall–Kier alpha value is -2.78. The molecule has 11 heteroatoms. The average Bonchev–Trinajstić information content (AvgIpc) is 3.28.